The van der Waals surface area contributed by atoms with E-state index in [0.717, 1.165) is 5.56 Å². The highest BCUT2D eigenvalue weighted by molar-refractivity contribution is 6.02. The predicted octanol–water partition coefficient (Wildman–Crippen LogP) is 3.67. The summed E-state index contributed by atoms with van der Waals surface area (Å²) in [5.74, 6) is -1.01. The van der Waals surface area contributed by atoms with Gasteiger partial charge in [-0.2, -0.15) is 5.26 Å². The molecule has 6 heteroatoms. The number of carboxylic acid groups (broad SMARTS) is 1. The molecule has 0 unspecified atom stereocenters. The second-order valence-corrected chi connectivity index (χ2v) is 5.57. The maximum atomic E-state index is 12.2. The topological polar surface area (TPSA) is 103 Å². The maximum absolute atomic E-state index is 12.2. The van der Waals surface area contributed by atoms with Crippen LogP contribution in [0.5, 0.6) is 0 Å². The van der Waals surface area contributed by atoms with Gasteiger partial charge in [-0.05, 0) is 48.5 Å². The molecule has 3 aromatic rings. The van der Waals surface area contributed by atoms with Gasteiger partial charge >= 0.3 is 5.97 Å². The summed E-state index contributed by atoms with van der Waals surface area (Å²) < 4.78 is 5.64. The normalized spacial score (nSPS) is 10.9. The molecule has 132 valence electrons. The van der Waals surface area contributed by atoms with Gasteiger partial charge in [-0.15, -0.1) is 0 Å². The van der Waals surface area contributed by atoms with Crippen LogP contribution in [-0.2, 0) is 4.79 Å². The van der Waals surface area contributed by atoms with Crippen LogP contribution in [0.2, 0.25) is 0 Å². The number of amides is 1. The van der Waals surface area contributed by atoms with Crippen molar-refractivity contribution < 1.29 is 19.1 Å². The molecule has 1 amide bonds. The van der Waals surface area contributed by atoms with Crippen molar-refractivity contribution in [3.63, 3.8) is 0 Å². The fraction of sp³-hybridized carbons (Fsp3) is 0. The standard InChI is InChI=1S/C21H14N2O4/c22-13-14-6-8-15(9-7-14)19-11-10-17(27-19)12-18(21(25)26)23-20(24)16-4-2-1-3-5-16/h1-12H,(H,23,24)(H,25,26)/b18-12-. The van der Waals surface area contributed by atoms with E-state index in [1.807, 2.05) is 6.07 Å². The summed E-state index contributed by atoms with van der Waals surface area (Å²) in [7, 11) is 0. The molecular weight excluding hydrogens is 344 g/mol. The van der Waals surface area contributed by atoms with Gasteiger partial charge in [0, 0.05) is 17.2 Å². The van der Waals surface area contributed by atoms with Crippen molar-refractivity contribution in [3.8, 4) is 17.4 Å². The number of furan rings is 1. The van der Waals surface area contributed by atoms with E-state index in [9.17, 15) is 14.7 Å². The molecule has 0 atom stereocenters. The third-order valence-corrected chi connectivity index (χ3v) is 3.73. The molecule has 0 aliphatic rings. The fourth-order valence-electron chi connectivity index (χ4n) is 2.37. The number of hydrogen-bond acceptors (Lipinski definition) is 4. The van der Waals surface area contributed by atoms with Crippen molar-refractivity contribution in [2.24, 2.45) is 0 Å². The summed E-state index contributed by atoms with van der Waals surface area (Å²) in [6.45, 7) is 0. The number of carbonyl (C=O) groups is 2. The molecule has 0 aliphatic heterocycles. The number of aliphatic carboxylic acids is 1. The lowest BCUT2D eigenvalue weighted by Gasteiger charge is -2.05. The zero-order chi connectivity index (χ0) is 19.2. The number of carboxylic acids is 1. The number of nitrogens with one attached hydrogen (secondary N) is 1. The summed E-state index contributed by atoms with van der Waals surface area (Å²) in [6, 6.07) is 20.4. The third-order valence-electron chi connectivity index (χ3n) is 3.73. The zero-order valence-electron chi connectivity index (χ0n) is 14.0. The van der Waals surface area contributed by atoms with Crippen LogP contribution in [0.1, 0.15) is 21.7 Å². The Hall–Kier alpha value is -4.11. The molecule has 2 aromatic carbocycles. The van der Waals surface area contributed by atoms with E-state index in [-0.39, 0.29) is 11.5 Å². The largest absolute Gasteiger partial charge is 0.477 e. The molecule has 3 rings (SSSR count). The summed E-state index contributed by atoms with van der Waals surface area (Å²) in [6.07, 6.45) is 1.25. The van der Waals surface area contributed by atoms with Crippen LogP contribution in [0.15, 0.2) is 76.8 Å². The van der Waals surface area contributed by atoms with Crippen LogP contribution >= 0.6 is 0 Å². The Labute approximate surface area is 155 Å². The molecule has 6 nitrogen and oxygen atoms in total. The van der Waals surface area contributed by atoms with E-state index in [1.54, 1.807) is 66.7 Å². The monoisotopic (exact) mass is 358 g/mol. The molecule has 0 fully saturated rings. The average molecular weight is 358 g/mol. The van der Waals surface area contributed by atoms with Gasteiger partial charge in [0.15, 0.2) is 0 Å². The molecule has 0 aliphatic carbocycles. The van der Waals surface area contributed by atoms with Crippen LogP contribution < -0.4 is 5.32 Å². The van der Waals surface area contributed by atoms with Crippen molar-refractivity contribution in [2.45, 2.75) is 0 Å². The quantitative estimate of drug-likeness (QED) is 0.677. The zero-order valence-corrected chi connectivity index (χ0v) is 14.0. The number of rotatable bonds is 5. The van der Waals surface area contributed by atoms with Crippen molar-refractivity contribution in [1.29, 1.82) is 5.26 Å². The van der Waals surface area contributed by atoms with Gasteiger partial charge in [0.25, 0.3) is 5.91 Å². The minimum atomic E-state index is -1.28. The molecule has 0 spiro atoms. The second kappa shape index (κ2) is 7.85. The van der Waals surface area contributed by atoms with Crippen LogP contribution in [-0.4, -0.2) is 17.0 Å². The van der Waals surface area contributed by atoms with Gasteiger partial charge in [0.2, 0.25) is 0 Å². The first-order valence-electron chi connectivity index (χ1n) is 7.98. The minimum absolute atomic E-state index is 0.278. The van der Waals surface area contributed by atoms with Crippen LogP contribution in [0, 0.1) is 11.3 Å². The fourth-order valence-corrected chi connectivity index (χ4v) is 2.37. The van der Waals surface area contributed by atoms with E-state index in [4.69, 9.17) is 9.68 Å². The Bertz CT molecular complexity index is 1040. The smallest absolute Gasteiger partial charge is 0.352 e. The minimum Gasteiger partial charge on any atom is -0.477 e. The summed E-state index contributed by atoms with van der Waals surface area (Å²) >= 11 is 0. The number of hydrogen-bond donors (Lipinski definition) is 2. The van der Waals surface area contributed by atoms with Gasteiger partial charge in [0.1, 0.15) is 17.2 Å². The molecule has 0 radical (unpaired) electrons. The molecule has 1 aromatic heterocycles. The number of nitriles is 1. The van der Waals surface area contributed by atoms with E-state index in [0.29, 0.717) is 16.9 Å². The average Bonchev–Trinajstić information content (AvgIpc) is 3.16. The molecule has 27 heavy (non-hydrogen) atoms. The van der Waals surface area contributed by atoms with E-state index < -0.39 is 11.9 Å². The highest BCUT2D eigenvalue weighted by atomic mass is 16.4. The van der Waals surface area contributed by atoms with Crippen molar-refractivity contribution in [3.05, 3.63) is 89.3 Å². The Balaban J connectivity index is 1.82. The van der Waals surface area contributed by atoms with Crippen LogP contribution in [0.25, 0.3) is 17.4 Å². The summed E-state index contributed by atoms with van der Waals surface area (Å²) in [5, 5.41) is 20.6. The highest BCUT2D eigenvalue weighted by Crippen LogP contribution is 2.23. The van der Waals surface area contributed by atoms with E-state index in [2.05, 4.69) is 5.32 Å². The molecule has 0 saturated carbocycles. The first-order chi connectivity index (χ1) is 13.1. The first-order valence-corrected chi connectivity index (χ1v) is 7.98. The number of carbonyl (C=O) groups excluding carboxylic acids is 1. The Kier molecular flexibility index (Phi) is 5.15. The predicted molar refractivity (Wildman–Crippen MR) is 98.4 cm³/mol. The molecule has 1 heterocycles. The molecule has 0 saturated heterocycles. The van der Waals surface area contributed by atoms with Gasteiger partial charge in [0.05, 0.1) is 11.6 Å². The van der Waals surface area contributed by atoms with E-state index >= 15 is 0 Å². The lowest BCUT2D eigenvalue weighted by Crippen LogP contribution is -2.27. The van der Waals surface area contributed by atoms with Crippen LogP contribution in [0.3, 0.4) is 0 Å². The highest BCUT2D eigenvalue weighted by Gasteiger charge is 2.14. The molecule has 2 N–H and O–H groups in total. The van der Waals surface area contributed by atoms with Gasteiger partial charge in [-0.25, -0.2) is 4.79 Å². The first kappa shape index (κ1) is 17.7. The van der Waals surface area contributed by atoms with Crippen LogP contribution in [0.4, 0.5) is 0 Å². The Morgan fingerprint density at radius 2 is 1.70 bits per heavy atom. The summed E-state index contributed by atoms with van der Waals surface area (Å²) in [5.41, 5.74) is 1.33. The number of benzene rings is 2. The summed E-state index contributed by atoms with van der Waals surface area (Å²) in [4.78, 5) is 23.6. The Morgan fingerprint density at radius 1 is 1.00 bits per heavy atom. The van der Waals surface area contributed by atoms with Gasteiger partial charge in [-0.3, -0.25) is 4.79 Å². The molecule has 0 bridgehead atoms. The third kappa shape index (κ3) is 4.30. The van der Waals surface area contributed by atoms with E-state index in [1.165, 1.54) is 6.08 Å². The van der Waals surface area contributed by atoms with Gasteiger partial charge in [-0.1, -0.05) is 18.2 Å². The number of nitrogens with zero attached hydrogens (tertiary/aromatic N) is 1. The lowest BCUT2D eigenvalue weighted by atomic mass is 10.1. The molecular formula is C21H14N2O4. The van der Waals surface area contributed by atoms with Crippen molar-refractivity contribution in [1.82, 2.24) is 5.32 Å². The second-order valence-electron chi connectivity index (χ2n) is 5.57. The SMILES string of the molecule is N#Cc1ccc(-c2ccc(/C=C(\NC(=O)c3ccccc3)C(=O)O)o2)cc1. The lowest BCUT2D eigenvalue weighted by molar-refractivity contribution is -0.132. The van der Waals surface area contributed by atoms with Gasteiger partial charge < -0.3 is 14.8 Å². The maximum Gasteiger partial charge on any atom is 0.352 e. The van der Waals surface area contributed by atoms with Crippen molar-refractivity contribution in [2.75, 3.05) is 0 Å². The Morgan fingerprint density at radius 3 is 2.33 bits per heavy atom. The van der Waals surface area contributed by atoms with Crippen molar-refractivity contribution >= 4 is 18.0 Å².